The molecule has 0 aromatic carbocycles. The number of aliphatic hydroxyl groups is 1. The van der Waals surface area contributed by atoms with Crippen LogP contribution >= 0.6 is 11.3 Å². The molecule has 19 heavy (non-hydrogen) atoms. The van der Waals surface area contributed by atoms with E-state index in [4.69, 9.17) is 9.84 Å². The number of hydrogen-bond acceptors (Lipinski definition) is 4. The van der Waals surface area contributed by atoms with Gasteiger partial charge in [-0.2, -0.15) is 0 Å². The van der Waals surface area contributed by atoms with Crippen LogP contribution < -0.4 is 0 Å². The smallest absolute Gasteiger partial charge is 0.0703 e. The molecule has 0 bridgehead atoms. The zero-order valence-electron chi connectivity index (χ0n) is 11.6. The van der Waals surface area contributed by atoms with Crippen LogP contribution in [0, 0.1) is 11.8 Å². The molecule has 0 aliphatic carbocycles. The van der Waals surface area contributed by atoms with E-state index in [0.717, 1.165) is 25.1 Å². The van der Waals surface area contributed by atoms with Crippen LogP contribution in [0.4, 0.5) is 0 Å². The van der Waals surface area contributed by atoms with Crippen molar-refractivity contribution in [2.75, 3.05) is 20.3 Å². The Kier molecular flexibility index (Phi) is 5.41. The summed E-state index contributed by atoms with van der Waals surface area (Å²) in [6.45, 7) is 4.05. The van der Waals surface area contributed by atoms with Crippen molar-refractivity contribution < 1.29 is 9.84 Å². The van der Waals surface area contributed by atoms with E-state index < -0.39 is 0 Å². The Hall–Kier alpha value is -0.860. The second-order valence-corrected chi connectivity index (χ2v) is 5.88. The molecular formula is C15H21NO2S. The third-order valence-corrected chi connectivity index (χ3v) is 4.41. The largest absolute Gasteiger partial charge is 0.395 e. The molecule has 0 saturated carbocycles. The van der Waals surface area contributed by atoms with Gasteiger partial charge in [0.2, 0.25) is 0 Å². The first-order valence-electron chi connectivity index (χ1n) is 6.70. The third-order valence-electron chi connectivity index (χ3n) is 3.50. The van der Waals surface area contributed by atoms with Crippen LogP contribution in [0.15, 0.2) is 11.4 Å². The average Bonchev–Trinajstić information content (AvgIpc) is 2.99. The molecule has 1 N–H and O–H groups in total. The van der Waals surface area contributed by atoms with E-state index in [1.807, 2.05) is 0 Å². The van der Waals surface area contributed by atoms with Gasteiger partial charge in [-0.25, -0.2) is 0 Å². The molecule has 0 radical (unpaired) electrons. The van der Waals surface area contributed by atoms with Gasteiger partial charge in [-0.3, -0.25) is 4.90 Å². The van der Waals surface area contributed by atoms with Gasteiger partial charge in [0.25, 0.3) is 0 Å². The van der Waals surface area contributed by atoms with Gasteiger partial charge in [0.1, 0.15) is 0 Å². The Bertz CT molecular complexity index is 460. The lowest BCUT2D eigenvalue weighted by atomic mass is 10.1. The predicted octanol–water partition coefficient (Wildman–Crippen LogP) is 2.09. The number of likely N-dealkylation sites (N-methyl/N-ethyl adjacent to an activating group) is 1. The van der Waals surface area contributed by atoms with Crippen molar-refractivity contribution in [2.24, 2.45) is 0 Å². The van der Waals surface area contributed by atoms with E-state index in [9.17, 15) is 0 Å². The summed E-state index contributed by atoms with van der Waals surface area (Å²) in [5, 5.41) is 10.8. The molecule has 2 rings (SSSR count). The quantitative estimate of drug-likeness (QED) is 0.857. The normalized spacial score (nSPS) is 22.5. The van der Waals surface area contributed by atoms with Crippen molar-refractivity contribution in [1.29, 1.82) is 0 Å². The maximum Gasteiger partial charge on any atom is 0.0703 e. The molecule has 2 unspecified atom stereocenters. The summed E-state index contributed by atoms with van der Waals surface area (Å²) in [5.41, 5.74) is 1.09. The molecular weight excluding hydrogens is 258 g/mol. The standard InChI is InChI=1S/C15H21NO2S/c1-12-14(6-9-18-12)16(2)11-15-13(7-10-19-15)5-3-4-8-17/h7,10,12,14,17H,4,6,8-9,11H2,1-2H3. The SMILES string of the molecule is CC1OCCC1N(C)Cc1sccc1C#CCCO. The minimum atomic E-state index is 0.128. The molecule has 1 aliphatic rings. The van der Waals surface area contributed by atoms with E-state index in [1.165, 1.54) is 4.88 Å². The van der Waals surface area contributed by atoms with E-state index >= 15 is 0 Å². The topological polar surface area (TPSA) is 32.7 Å². The Morgan fingerprint density at radius 3 is 3.11 bits per heavy atom. The fourth-order valence-corrected chi connectivity index (χ4v) is 3.32. The van der Waals surface area contributed by atoms with E-state index in [2.05, 4.69) is 42.2 Å². The van der Waals surface area contributed by atoms with Crippen molar-refractivity contribution in [3.8, 4) is 11.8 Å². The third kappa shape index (κ3) is 3.80. The van der Waals surface area contributed by atoms with Crippen LogP contribution in [-0.4, -0.2) is 42.4 Å². The first-order valence-corrected chi connectivity index (χ1v) is 7.58. The van der Waals surface area contributed by atoms with Crippen molar-refractivity contribution in [1.82, 2.24) is 4.90 Å². The van der Waals surface area contributed by atoms with Gasteiger partial charge in [-0.1, -0.05) is 11.8 Å². The van der Waals surface area contributed by atoms with Gasteiger partial charge in [-0.05, 0) is 31.8 Å². The summed E-state index contributed by atoms with van der Waals surface area (Å²) in [4.78, 5) is 3.66. The first kappa shape index (κ1) is 14.5. The van der Waals surface area contributed by atoms with Crippen LogP contribution in [0.5, 0.6) is 0 Å². The van der Waals surface area contributed by atoms with Crippen molar-refractivity contribution >= 4 is 11.3 Å². The molecule has 2 heterocycles. The van der Waals surface area contributed by atoms with Crippen LogP contribution in [0.3, 0.4) is 0 Å². The zero-order chi connectivity index (χ0) is 13.7. The maximum absolute atomic E-state index is 8.76. The van der Waals surface area contributed by atoms with E-state index in [1.54, 1.807) is 11.3 Å². The minimum absolute atomic E-state index is 0.128. The monoisotopic (exact) mass is 279 g/mol. The summed E-state index contributed by atoms with van der Waals surface area (Å²) in [6, 6.07) is 2.56. The highest BCUT2D eigenvalue weighted by Gasteiger charge is 2.28. The summed E-state index contributed by atoms with van der Waals surface area (Å²) < 4.78 is 5.62. The van der Waals surface area contributed by atoms with Gasteiger partial charge < -0.3 is 9.84 Å². The van der Waals surface area contributed by atoms with Gasteiger partial charge in [0.05, 0.1) is 12.7 Å². The number of thiophene rings is 1. The van der Waals surface area contributed by atoms with Crippen LogP contribution in [0.25, 0.3) is 0 Å². The molecule has 0 spiro atoms. The van der Waals surface area contributed by atoms with Crippen molar-refractivity contribution in [3.05, 3.63) is 21.9 Å². The molecule has 1 aromatic heterocycles. The highest BCUT2D eigenvalue weighted by Crippen LogP contribution is 2.23. The molecule has 1 aliphatic heterocycles. The maximum atomic E-state index is 8.76. The summed E-state index contributed by atoms with van der Waals surface area (Å²) >= 11 is 1.75. The van der Waals surface area contributed by atoms with Crippen molar-refractivity contribution in [2.45, 2.75) is 38.5 Å². The Morgan fingerprint density at radius 1 is 1.58 bits per heavy atom. The molecule has 2 atom stereocenters. The van der Waals surface area contributed by atoms with Gasteiger partial charge in [-0.15, -0.1) is 11.3 Å². The average molecular weight is 279 g/mol. The molecule has 1 saturated heterocycles. The number of hydrogen-bond donors (Lipinski definition) is 1. The molecule has 0 amide bonds. The van der Waals surface area contributed by atoms with Crippen LogP contribution in [0.1, 0.15) is 30.2 Å². The second kappa shape index (κ2) is 7.06. The van der Waals surface area contributed by atoms with E-state index in [0.29, 0.717) is 18.6 Å². The minimum Gasteiger partial charge on any atom is -0.395 e. The fraction of sp³-hybridized carbons (Fsp3) is 0.600. The van der Waals surface area contributed by atoms with Gasteiger partial charge in [0, 0.05) is 36.1 Å². The molecule has 4 heteroatoms. The number of ether oxygens (including phenoxy) is 1. The molecule has 1 fully saturated rings. The predicted molar refractivity (Wildman–Crippen MR) is 78.2 cm³/mol. The van der Waals surface area contributed by atoms with Crippen LogP contribution in [0.2, 0.25) is 0 Å². The highest BCUT2D eigenvalue weighted by atomic mass is 32.1. The molecule has 104 valence electrons. The Balaban J connectivity index is 1.99. The Morgan fingerprint density at radius 2 is 2.42 bits per heavy atom. The first-order chi connectivity index (χ1) is 9.22. The van der Waals surface area contributed by atoms with Gasteiger partial charge >= 0.3 is 0 Å². The molecule has 1 aromatic rings. The lowest BCUT2D eigenvalue weighted by Gasteiger charge is -2.26. The zero-order valence-corrected chi connectivity index (χ0v) is 12.4. The fourth-order valence-electron chi connectivity index (χ4n) is 2.43. The highest BCUT2D eigenvalue weighted by molar-refractivity contribution is 7.10. The lowest BCUT2D eigenvalue weighted by molar-refractivity contribution is 0.0817. The van der Waals surface area contributed by atoms with Crippen LogP contribution in [-0.2, 0) is 11.3 Å². The number of aliphatic hydroxyl groups excluding tert-OH is 1. The summed E-state index contributed by atoms with van der Waals surface area (Å²) in [5.74, 6) is 6.14. The lowest BCUT2D eigenvalue weighted by Crippen LogP contribution is -2.36. The van der Waals surface area contributed by atoms with E-state index in [-0.39, 0.29) is 6.61 Å². The summed E-state index contributed by atoms with van der Waals surface area (Å²) in [6.07, 6.45) is 1.96. The second-order valence-electron chi connectivity index (χ2n) is 4.88. The summed E-state index contributed by atoms with van der Waals surface area (Å²) in [7, 11) is 2.15. The number of rotatable bonds is 4. The molecule has 3 nitrogen and oxygen atoms in total. The Labute approximate surface area is 119 Å². The number of nitrogens with zero attached hydrogens (tertiary/aromatic N) is 1. The van der Waals surface area contributed by atoms with Crippen molar-refractivity contribution in [3.63, 3.8) is 0 Å². The van der Waals surface area contributed by atoms with Gasteiger partial charge in [0.15, 0.2) is 0 Å².